The molecule has 0 unspecified atom stereocenters. The number of benzene rings is 1. The number of nitrogens with zero attached hydrogens (tertiary/aromatic N) is 2. The number of rotatable bonds is 3. The topological polar surface area (TPSA) is 16.1 Å². The molecular formula is C17H18N2S. The Morgan fingerprint density at radius 2 is 2.00 bits per heavy atom. The van der Waals surface area contributed by atoms with Crippen molar-refractivity contribution < 1.29 is 0 Å². The van der Waals surface area contributed by atoms with Crippen molar-refractivity contribution in [3.05, 3.63) is 53.7 Å². The van der Waals surface area contributed by atoms with Crippen molar-refractivity contribution in [2.45, 2.75) is 13.5 Å². The molecule has 0 aliphatic rings. The molecule has 0 saturated heterocycles. The van der Waals surface area contributed by atoms with Crippen molar-refractivity contribution in [2.24, 2.45) is 0 Å². The van der Waals surface area contributed by atoms with Crippen molar-refractivity contribution in [3.8, 4) is 10.4 Å². The Labute approximate surface area is 123 Å². The highest BCUT2D eigenvalue weighted by molar-refractivity contribution is 7.22. The molecule has 3 heteroatoms. The van der Waals surface area contributed by atoms with Gasteiger partial charge in [-0.3, -0.25) is 4.98 Å². The van der Waals surface area contributed by atoms with E-state index in [4.69, 9.17) is 0 Å². The lowest BCUT2D eigenvalue weighted by Crippen LogP contribution is -2.10. The molecule has 102 valence electrons. The smallest absolute Gasteiger partial charge is 0.0818 e. The Balaban J connectivity index is 2.04. The maximum absolute atomic E-state index is 4.46. The van der Waals surface area contributed by atoms with E-state index in [0.29, 0.717) is 0 Å². The van der Waals surface area contributed by atoms with Gasteiger partial charge in [-0.2, -0.15) is 0 Å². The first-order valence-corrected chi connectivity index (χ1v) is 7.54. The Bertz CT molecular complexity index is 744. The van der Waals surface area contributed by atoms with E-state index in [1.54, 1.807) is 0 Å². The number of hydrogen-bond acceptors (Lipinski definition) is 3. The lowest BCUT2D eigenvalue weighted by molar-refractivity contribution is 0.402. The van der Waals surface area contributed by atoms with Crippen LogP contribution in [0.5, 0.6) is 0 Å². The lowest BCUT2D eigenvalue weighted by Gasteiger charge is -2.10. The molecule has 2 heterocycles. The summed E-state index contributed by atoms with van der Waals surface area (Å²) in [5.74, 6) is 0. The Morgan fingerprint density at radius 1 is 1.15 bits per heavy atom. The van der Waals surface area contributed by atoms with Crippen LogP contribution in [-0.2, 0) is 6.54 Å². The Morgan fingerprint density at radius 3 is 2.75 bits per heavy atom. The fourth-order valence-corrected chi connectivity index (χ4v) is 3.48. The van der Waals surface area contributed by atoms with Gasteiger partial charge in [0.25, 0.3) is 0 Å². The highest BCUT2D eigenvalue weighted by Gasteiger charge is 2.07. The molecule has 0 amide bonds. The second kappa shape index (κ2) is 5.35. The SMILES string of the molecule is Cc1ccnc2cc(-c3cccc(CN(C)C)c3)sc12. The van der Waals surface area contributed by atoms with Crippen LogP contribution in [0.4, 0.5) is 0 Å². The van der Waals surface area contributed by atoms with Gasteiger partial charge in [0, 0.05) is 17.6 Å². The van der Waals surface area contributed by atoms with Gasteiger partial charge >= 0.3 is 0 Å². The molecule has 0 saturated carbocycles. The molecule has 3 aromatic rings. The lowest BCUT2D eigenvalue weighted by atomic mass is 10.1. The largest absolute Gasteiger partial charge is 0.305 e. The van der Waals surface area contributed by atoms with E-state index in [1.807, 2.05) is 17.5 Å². The van der Waals surface area contributed by atoms with E-state index in [1.165, 1.54) is 26.3 Å². The first-order valence-electron chi connectivity index (χ1n) is 6.72. The number of pyridine rings is 1. The molecule has 0 aliphatic heterocycles. The number of aryl methyl sites for hydroxylation is 1. The van der Waals surface area contributed by atoms with Gasteiger partial charge in [-0.05, 0) is 55.9 Å². The summed E-state index contributed by atoms with van der Waals surface area (Å²) >= 11 is 1.83. The third kappa shape index (κ3) is 2.60. The van der Waals surface area contributed by atoms with Crippen LogP contribution in [0, 0.1) is 6.92 Å². The van der Waals surface area contributed by atoms with Crippen LogP contribution in [0.2, 0.25) is 0 Å². The maximum atomic E-state index is 4.46. The van der Waals surface area contributed by atoms with Crippen LogP contribution in [0.15, 0.2) is 42.6 Å². The van der Waals surface area contributed by atoms with Gasteiger partial charge < -0.3 is 4.90 Å². The molecular weight excluding hydrogens is 264 g/mol. The molecule has 0 radical (unpaired) electrons. The molecule has 0 bridgehead atoms. The number of thiophene rings is 1. The van der Waals surface area contributed by atoms with E-state index in [0.717, 1.165) is 12.1 Å². The summed E-state index contributed by atoms with van der Waals surface area (Å²) in [6.45, 7) is 3.11. The number of fused-ring (bicyclic) bond motifs is 1. The number of aromatic nitrogens is 1. The zero-order valence-corrected chi connectivity index (χ0v) is 12.9. The molecule has 20 heavy (non-hydrogen) atoms. The first-order chi connectivity index (χ1) is 9.63. The molecule has 2 nitrogen and oxygen atoms in total. The molecule has 0 spiro atoms. The monoisotopic (exact) mass is 282 g/mol. The number of hydrogen-bond donors (Lipinski definition) is 0. The summed E-state index contributed by atoms with van der Waals surface area (Å²) < 4.78 is 1.29. The molecule has 1 aromatic carbocycles. The highest BCUT2D eigenvalue weighted by atomic mass is 32.1. The fraction of sp³-hybridized carbons (Fsp3) is 0.235. The van der Waals surface area contributed by atoms with Gasteiger partial charge in [-0.25, -0.2) is 0 Å². The van der Waals surface area contributed by atoms with Crippen molar-refractivity contribution in [2.75, 3.05) is 14.1 Å². The average Bonchev–Trinajstić information content (AvgIpc) is 2.84. The fourth-order valence-electron chi connectivity index (χ4n) is 2.40. The van der Waals surface area contributed by atoms with Crippen LogP contribution in [0.1, 0.15) is 11.1 Å². The minimum atomic E-state index is 0.968. The van der Waals surface area contributed by atoms with Crippen LogP contribution in [0.3, 0.4) is 0 Å². The predicted molar refractivity (Wildman–Crippen MR) is 87.2 cm³/mol. The van der Waals surface area contributed by atoms with Crippen molar-refractivity contribution in [1.29, 1.82) is 0 Å². The van der Waals surface area contributed by atoms with Gasteiger partial charge in [-0.15, -0.1) is 11.3 Å². The van der Waals surface area contributed by atoms with Crippen LogP contribution in [-0.4, -0.2) is 24.0 Å². The van der Waals surface area contributed by atoms with Gasteiger partial charge in [0.2, 0.25) is 0 Å². The third-order valence-corrected chi connectivity index (χ3v) is 4.63. The maximum Gasteiger partial charge on any atom is 0.0818 e. The molecule has 3 rings (SSSR count). The summed E-state index contributed by atoms with van der Waals surface area (Å²) in [6, 6.07) is 13.0. The molecule has 0 aliphatic carbocycles. The molecule has 0 atom stereocenters. The zero-order chi connectivity index (χ0) is 14.1. The second-order valence-electron chi connectivity index (χ2n) is 5.39. The predicted octanol–water partition coefficient (Wildman–Crippen LogP) is 4.33. The summed E-state index contributed by atoms with van der Waals surface area (Å²) in [5, 5.41) is 0. The van der Waals surface area contributed by atoms with Crippen molar-refractivity contribution in [1.82, 2.24) is 9.88 Å². The minimum Gasteiger partial charge on any atom is -0.305 e. The van der Waals surface area contributed by atoms with E-state index < -0.39 is 0 Å². The quantitative estimate of drug-likeness (QED) is 0.710. The zero-order valence-electron chi connectivity index (χ0n) is 12.1. The van der Waals surface area contributed by atoms with E-state index in [-0.39, 0.29) is 0 Å². The summed E-state index contributed by atoms with van der Waals surface area (Å²) in [5.41, 5.74) is 5.03. The van der Waals surface area contributed by atoms with Crippen LogP contribution < -0.4 is 0 Å². The van der Waals surface area contributed by atoms with Gasteiger partial charge in [0.1, 0.15) is 0 Å². The van der Waals surface area contributed by atoms with Crippen molar-refractivity contribution in [3.63, 3.8) is 0 Å². The first kappa shape index (κ1) is 13.3. The third-order valence-electron chi connectivity index (χ3n) is 3.32. The van der Waals surface area contributed by atoms with E-state index >= 15 is 0 Å². The Kier molecular flexibility index (Phi) is 3.55. The van der Waals surface area contributed by atoms with Gasteiger partial charge in [-0.1, -0.05) is 18.2 Å². The van der Waals surface area contributed by atoms with Crippen LogP contribution in [0.25, 0.3) is 20.7 Å². The Hall–Kier alpha value is -1.71. The van der Waals surface area contributed by atoms with E-state index in [9.17, 15) is 0 Å². The molecule has 2 aromatic heterocycles. The van der Waals surface area contributed by atoms with Crippen LogP contribution >= 0.6 is 11.3 Å². The van der Waals surface area contributed by atoms with Gasteiger partial charge in [0.15, 0.2) is 0 Å². The highest BCUT2D eigenvalue weighted by Crippen LogP contribution is 2.34. The summed E-state index contributed by atoms with van der Waals surface area (Å²) in [6.07, 6.45) is 1.89. The van der Waals surface area contributed by atoms with Gasteiger partial charge in [0.05, 0.1) is 10.2 Å². The van der Waals surface area contributed by atoms with E-state index in [2.05, 4.69) is 67.3 Å². The summed E-state index contributed by atoms with van der Waals surface area (Å²) in [7, 11) is 4.19. The normalized spacial score (nSPS) is 11.4. The second-order valence-corrected chi connectivity index (χ2v) is 6.44. The molecule has 0 N–H and O–H groups in total. The minimum absolute atomic E-state index is 0.968. The summed E-state index contributed by atoms with van der Waals surface area (Å²) in [4.78, 5) is 7.95. The van der Waals surface area contributed by atoms with Crippen molar-refractivity contribution >= 4 is 21.6 Å². The molecule has 0 fully saturated rings. The standard InChI is InChI=1S/C17H18N2S/c1-12-7-8-18-15-10-16(20-17(12)15)14-6-4-5-13(9-14)11-19(2)3/h4-10H,11H2,1-3H3. The average molecular weight is 282 g/mol.